The number of hydrogen-bond donors (Lipinski definition) is 1. The normalized spacial score (nSPS) is 14.1. The second-order valence-electron chi connectivity index (χ2n) is 6.54. The van der Waals surface area contributed by atoms with Gasteiger partial charge in [-0.1, -0.05) is 11.6 Å². The molecule has 2 heterocycles. The van der Waals surface area contributed by atoms with E-state index in [1.807, 2.05) is 32.0 Å². The predicted octanol–water partition coefficient (Wildman–Crippen LogP) is 5.32. The molecule has 0 amide bonds. The molecule has 3 aromatic rings. The Balaban J connectivity index is 1.76. The highest BCUT2D eigenvalue weighted by Crippen LogP contribution is 2.46. The third kappa shape index (κ3) is 3.19. The van der Waals surface area contributed by atoms with Crippen molar-refractivity contribution in [3.8, 4) is 22.8 Å². The molecule has 1 aliphatic rings. The van der Waals surface area contributed by atoms with Crippen LogP contribution in [0.5, 0.6) is 11.5 Å². The Bertz CT molecular complexity index is 1080. The fraction of sp³-hybridized carbons (Fsp3) is 0.158. The first-order valence-electron chi connectivity index (χ1n) is 8.01. The van der Waals surface area contributed by atoms with Crippen LogP contribution >= 0.6 is 34.2 Å². The summed E-state index contributed by atoms with van der Waals surface area (Å²) < 4.78 is 26.3. The summed E-state index contributed by atoms with van der Waals surface area (Å²) in [6.45, 7) is 3.67. The summed E-state index contributed by atoms with van der Waals surface area (Å²) in [5.41, 5.74) is 1.25. The fourth-order valence-electron chi connectivity index (χ4n) is 3.08. The zero-order valence-corrected chi connectivity index (χ0v) is 17.2. The van der Waals surface area contributed by atoms with Gasteiger partial charge in [0.2, 0.25) is 0 Å². The van der Waals surface area contributed by atoms with Crippen LogP contribution < -0.4 is 9.47 Å². The number of nitrogens with one attached hydrogen (secondary N) is 1. The van der Waals surface area contributed by atoms with Crippen molar-refractivity contribution in [2.24, 2.45) is 0 Å². The topological polar surface area (TPSA) is 64.2 Å². The summed E-state index contributed by atoms with van der Waals surface area (Å²) in [5, 5.41) is 7.24. The van der Waals surface area contributed by atoms with Gasteiger partial charge in [0.1, 0.15) is 17.0 Å². The number of carbonyl (C=O) groups excluding carboxylic acids is 1. The molecule has 0 unspecified atom stereocenters. The smallest absolute Gasteiger partial charge is 0.362 e. The van der Waals surface area contributed by atoms with E-state index < -0.39 is 17.4 Å². The molecule has 1 aromatic heterocycles. The van der Waals surface area contributed by atoms with Gasteiger partial charge in [-0.05, 0) is 72.8 Å². The maximum atomic E-state index is 14.0. The van der Waals surface area contributed by atoms with Gasteiger partial charge >= 0.3 is 5.97 Å². The maximum Gasteiger partial charge on any atom is 0.362 e. The third-order valence-electron chi connectivity index (χ3n) is 4.23. The first-order valence-corrected chi connectivity index (χ1v) is 9.47. The van der Waals surface area contributed by atoms with Crippen LogP contribution in [-0.4, -0.2) is 16.2 Å². The lowest BCUT2D eigenvalue weighted by Gasteiger charge is -2.32. The summed E-state index contributed by atoms with van der Waals surface area (Å²) >= 11 is 7.93. The lowest BCUT2D eigenvalue weighted by Crippen LogP contribution is -2.31. The van der Waals surface area contributed by atoms with E-state index in [2.05, 4.69) is 32.8 Å². The predicted molar refractivity (Wildman–Crippen MR) is 107 cm³/mol. The van der Waals surface area contributed by atoms with Gasteiger partial charge in [0.15, 0.2) is 17.3 Å². The van der Waals surface area contributed by atoms with Crippen molar-refractivity contribution in [2.45, 2.75) is 19.4 Å². The van der Waals surface area contributed by atoms with Crippen LogP contribution in [0.25, 0.3) is 11.3 Å². The van der Waals surface area contributed by atoms with E-state index in [1.54, 1.807) is 0 Å². The zero-order chi connectivity index (χ0) is 19.3. The molecular formula is C19H13ClFIN2O3. The van der Waals surface area contributed by atoms with Gasteiger partial charge < -0.3 is 9.47 Å². The van der Waals surface area contributed by atoms with E-state index in [-0.39, 0.29) is 16.5 Å². The Morgan fingerprint density at radius 1 is 1.30 bits per heavy atom. The Hall–Kier alpha value is -2.13. The molecule has 0 aliphatic carbocycles. The molecule has 27 heavy (non-hydrogen) atoms. The van der Waals surface area contributed by atoms with Crippen molar-refractivity contribution in [3.63, 3.8) is 0 Å². The summed E-state index contributed by atoms with van der Waals surface area (Å²) in [7, 11) is 0. The fourth-order valence-corrected chi connectivity index (χ4v) is 3.70. The highest BCUT2D eigenvalue weighted by molar-refractivity contribution is 14.1. The van der Waals surface area contributed by atoms with Crippen LogP contribution in [0.4, 0.5) is 4.39 Å². The molecular weight excluding hydrogens is 486 g/mol. The van der Waals surface area contributed by atoms with Crippen LogP contribution in [0.15, 0.2) is 36.4 Å². The van der Waals surface area contributed by atoms with Gasteiger partial charge in [-0.3, -0.25) is 5.10 Å². The molecule has 5 nitrogen and oxygen atoms in total. The van der Waals surface area contributed by atoms with Crippen molar-refractivity contribution in [3.05, 3.63) is 62.1 Å². The van der Waals surface area contributed by atoms with E-state index in [1.165, 1.54) is 12.1 Å². The van der Waals surface area contributed by atoms with Crippen molar-refractivity contribution in [1.29, 1.82) is 0 Å². The summed E-state index contributed by atoms with van der Waals surface area (Å²) in [6, 6.07) is 9.56. The number of carbonyl (C=O) groups is 1. The van der Waals surface area contributed by atoms with Gasteiger partial charge in [-0.25, -0.2) is 9.18 Å². The number of halogens is 3. The first-order chi connectivity index (χ1) is 12.8. The molecule has 0 atom stereocenters. The number of rotatable bonds is 2. The molecule has 4 rings (SSSR count). The number of hydrogen-bond acceptors (Lipinski definition) is 4. The number of esters is 1. The van der Waals surface area contributed by atoms with Gasteiger partial charge in [0, 0.05) is 14.2 Å². The molecule has 1 aliphatic heterocycles. The molecule has 0 fully saturated rings. The maximum absolute atomic E-state index is 14.0. The number of ether oxygens (including phenoxy) is 2. The molecule has 0 saturated carbocycles. The lowest BCUT2D eigenvalue weighted by molar-refractivity contribution is 0.0695. The van der Waals surface area contributed by atoms with Crippen LogP contribution in [0.3, 0.4) is 0 Å². The van der Waals surface area contributed by atoms with E-state index >= 15 is 0 Å². The number of aromatic nitrogens is 2. The van der Waals surface area contributed by atoms with E-state index in [4.69, 9.17) is 21.1 Å². The van der Waals surface area contributed by atoms with Crippen molar-refractivity contribution >= 4 is 40.2 Å². The Labute approximate surface area is 173 Å². The molecule has 2 aromatic carbocycles. The highest BCUT2D eigenvalue weighted by atomic mass is 127. The van der Waals surface area contributed by atoms with Crippen LogP contribution in [0, 0.1) is 9.39 Å². The Morgan fingerprint density at radius 3 is 2.81 bits per heavy atom. The standard InChI is InChI=1S/C19H13ClFIN2O3/c1-19(2)15-16(11-5-4-10(22)8-14(11)27-19)23-24-17(15)18(25)26-13-6-3-9(20)7-12(13)21/h3-8H,1-2H3,(H,23,24). The molecule has 1 N–H and O–H groups in total. The largest absolute Gasteiger partial charge is 0.482 e. The molecule has 138 valence electrons. The van der Waals surface area contributed by atoms with Crippen molar-refractivity contribution < 1.29 is 18.7 Å². The molecule has 0 spiro atoms. The average molecular weight is 499 g/mol. The minimum absolute atomic E-state index is 0.119. The molecule has 8 heteroatoms. The summed E-state index contributed by atoms with van der Waals surface area (Å²) in [4.78, 5) is 12.7. The number of nitrogens with zero attached hydrogens (tertiary/aromatic N) is 1. The lowest BCUT2D eigenvalue weighted by atomic mass is 9.89. The van der Waals surface area contributed by atoms with E-state index in [0.29, 0.717) is 17.0 Å². The van der Waals surface area contributed by atoms with Gasteiger partial charge in [0.25, 0.3) is 0 Å². The SMILES string of the molecule is CC1(C)Oc2cc(I)ccc2-c2n[nH]c(C(=O)Oc3ccc(Cl)cc3F)c21. The van der Waals surface area contributed by atoms with Gasteiger partial charge in [0.05, 0.1) is 5.56 Å². The summed E-state index contributed by atoms with van der Waals surface area (Å²) in [5.74, 6) is -0.998. The molecule has 0 bridgehead atoms. The minimum atomic E-state index is -0.827. The minimum Gasteiger partial charge on any atom is -0.482 e. The van der Waals surface area contributed by atoms with E-state index in [0.717, 1.165) is 15.2 Å². The Morgan fingerprint density at radius 2 is 2.07 bits per heavy atom. The molecule has 0 saturated heterocycles. The average Bonchev–Trinajstić information content (AvgIpc) is 3.03. The van der Waals surface area contributed by atoms with Crippen LogP contribution in [-0.2, 0) is 5.60 Å². The summed E-state index contributed by atoms with van der Waals surface area (Å²) in [6.07, 6.45) is 0. The van der Waals surface area contributed by atoms with E-state index in [9.17, 15) is 9.18 Å². The number of fused-ring (bicyclic) bond motifs is 3. The number of benzene rings is 2. The highest BCUT2D eigenvalue weighted by Gasteiger charge is 2.40. The van der Waals surface area contributed by atoms with Gasteiger partial charge in [-0.2, -0.15) is 5.10 Å². The van der Waals surface area contributed by atoms with Crippen LogP contribution in [0.2, 0.25) is 5.02 Å². The van der Waals surface area contributed by atoms with Crippen LogP contribution in [0.1, 0.15) is 29.9 Å². The first kappa shape index (κ1) is 18.2. The Kier molecular flexibility index (Phi) is 4.38. The zero-order valence-electron chi connectivity index (χ0n) is 14.3. The van der Waals surface area contributed by atoms with Crippen molar-refractivity contribution in [1.82, 2.24) is 10.2 Å². The van der Waals surface area contributed by atoms with Crippen molar-refractivity contribution in [2.75, 3.05) is 0 Å². The van der Waals surface area contributed by atoms with Gasteiger partial charge in [-0.15, -0.1) is 0 Å². The molecule has 0 radical (unpaired) electrons. The third-order valence-corrected chi connectivity index (χ3v) is 5.14. The number of H-pyrrole nitrogens is 1. The number of aromatic amines is 1. The monoisotopic (exact) mass is 498 g/mol. The quantitative estimate of drug-likeness (QED) is 0.295. The second-order valence-corrected chi connectivity index (χ2v) is 8.22. The second kappa shape index (κ2) is 6.49.